The lowest BCUT2D eigenvalue weighted by molar-refractivity contribution is -0.384. The number of nitrogen functional groups attached to an aromatic ring is 1. The fraction of sp³-hybridized carbons (Fsp3) is 0.273. The normalized spacial score (nSPS) is 15.2. The van der Waals surface area contributed by atoms with Crippen molar-refractivity contribution in [2.75, 3.05) is 11.1 Å². The van der Waals surface area contributed by atoms with E-state index in [0.717, 1.165) is 18.5 Å². The molecule has 2 rings (SSSR count). The lowest BCUT2D eigenvalue weighted by Crippen LogP contribution is -2.16. The number of non-ortho nitro benzene ring substituents is 1. The maximum Gasteiger partial charge on any atom is 0.271 e. The third kappa shape index (κ3) is 2.13. The van der Waals surface area contributed by atoms with E-state index >= 15 is 0 Å². The van der Waals surface area contributed by atoms with Gasteiger partial charge < -0.3 is 11.1 Å². The molecule has 0 heterocycles. The first-order chi connectivity index (χ1) is 7.66. The molecular formula is C11H13N3O2. The lowest BCUT2D eigenvalue weighted by atomic mass is 10.2. The summed E-state index contributed by atoms with van der Waals surface area (Å²) in [6.07, 6.45) is 6.16. The summed E-state index contributed by atoms with van der Waals surface area (Å²) in [7, 11) is 0. The molecule has 1 aromatic carbocycles. The summed E-state index contributed by atoms with van der Waals surface area (Å²) >= 11 is 0. The maximum atomic E-state index is 10.5. The monoisotopic (exact) mass is 219 g/mol. The van der Waals surface area contributed by atoms with Crippen LogP contribution in [0.2, 0.25) is 0 Å². The first kappa shape index (κ1) is 10.5. The van der Waals surface area contributed by atoms with E-state index < -0.39 is 4.92 Å². The quantitative estimate of drug-likeness (QED) is 0.354. The van der Waals surface area contributed by atoms with Gasteiger partial charge in [-0.1, -0.05) is 12.2 Å². The molecule has 0 spiro atoms. The Balaban J connectivity index is 2.12. The van der Waals surface area contributed by atoms with E-state index in [1.807, 2.05) is 0 Å². The van der Waals surface area contributed by atoms with Crippen LogP contribution in [0.15, 0.2) is 30.4 Å². The summed E-state index contributed by atoms with van der Waals surface area (Å²) in [5.41, 5.74) is 6.95. The summed E-state index contributed by atoms with van der Waals surface area (Å²) in [4.78, 5) is 10.1. The van der Waals surface area contributed by atoms with Crippen LogP contribution in [0.5, 0.6) is 0 Å². The molecule has 5 heteroatoms. The van der Waals surface area contributed by atoms with Crippen LogP contribution < -0.4 is 11.1 Å². The molecule has 0 saturated heterocycles. The van der Waals surface area contributed by atoms with Gasteiger partial charge >= 0.3 is 0 Å². The van der Waals surface area contributed by atoms with E-state index in [4.69, 9.17) is 5.73 Å². The Bertz CT molecular complexity index is 435. The molecule has 0 fully saturated rings. The number of rotatable bonds is 3. The molecule has 0 amide bonds. The molecule has 1 aliphatic carbocycles. The maximum absolute atomic E-state index is 10.5. The van der Waals surface area contributed by atoms with Gasteiger partial charge in [0.15, 0.2) is 0 Å². The molecule has 0 aliphatic heterocycles. The van der Waals surface area contributed by atoms with Crippen LogP contribution in [0.1, 0.15) is 12.8 Å². The van der Waals surface area contributed by atoms with Crippen LogP contribution in [-0.4, -0.2) is 11.0 Å². The zero-order valence-corrected chi connectivity index (χ0v) is 8.72. The van der Waals surface area contributed by atoms with Gasteiger partial charge in [0.25, 0.3) is 5.69 Å². The molecule has 0 unspecified atom stereocenters. The van der Waals surface area contributed by atoms with Crippen LogP contribution in [0, 0.1) is 10.1 Å². The molecular weight excluding hydrogens is 206 g/mol. The first-order valence-corrected chi connectivity index (χ1v) is 5.12. The van der Waals surface area contributed by atoms with Gasteiger partial charge in [0.2, 0.25) is 0 Å². The van der Waals surface area contributed by atoms with E-state index in [0.29, 0.717) is 11.7 Å². The molecule has 0 radical (unpaired) electrons. The van der Waals surface area contributed by atoms with Crippen LogP contribution in [-0.2, 0) is 0 Å². The number of nitrogens with one attached hydrogen (secondary N) is 1. The Hall–Kier alpha value is -2.04. The molecule has 0 aromatic heterocycles. The van der Waals surface area contributed by atoms with Gasteiger partial charge in [-0.05, 0) is 18.9 Å². The van der Waals surface area contributed by atoms with E-state index in [9.17, 15) is 10.1 Å². The zero-order valence-electron chi connectivity index (χ0n) is 8.72. The van der Waals surface area contributed by atoms with Crippen molar-refractivity contribution < 1.29 is 4.92 Å². The zero-order chi connectivity index (χ0) is 11.5. The van der Waals surface area contributed by atoms with E-state index in [1.54, 1.807) is 6.07 Å². The van der Waals surface area contributed by atoms with Crippen molar-refractivity contribution in [3.8, 4) is 0 Å². The van der Waals surface area contributed by atoms with Crippen molar-refractivity contribution in [1.29, 1.82) is 0 Å². The SMILES string of the molecule is Nc1cc([N+](=O)[O-])ccc1NC1CC=CC1. The molecule has 0 atom stereocenters. The van der Waals surface area contributed by atoms with Gasteiger partial charge in [-0.3, -0.25) is 10.1 Å². The summed E-state index contributed by atoms with van der Waals surface area (Å²) in [5, 5.41) is 13.8. The van der Waals surface area contributed by atoms with E-state index in [1.165, 1.54) is 12.1 Å². The smallest absolute Gasteiger partial charge is 0.271 e. The molecule has 5 nitrogen and oxygen atoms in total. The van der Waals surface area contributed by atoms with Gasteiger partial charge in [-0.25, -0.2) is 0 Å². The highest BCUT2D eigenvalue weighted by atomic mass is 16.6. The van der Waals surface area contributed by atoms with Crippen molar-refractivity contribution in [3.63, 3.8) is 0 Å². The molecule has 0 saturated carbocycles. The van der Waals surface area contributed by atoms with Crippen LogP contribution in [0.4, 0.5) is 17.1 Å². The van der Waals surface area contributed by atoms with Crippen molar-refractivity contribution >= 4 is 17.1 Å². The standard InChI is InChI=1S/C11H13N3O2/c12-10-7-9(14(15)16)5-6-11(10)13-8-3-1-2-4-8/h1-2,5-8,13H,3-4,12H2. The number of nitrogens with zero attached hydrogens (tertiary/aromatic N) is 1. The summed E-state index contributed by atoms with van der Waals surface area (Å²) in [6.45, 7) is 0. The summed E-state index contributed by atoms with van der Waals surface area (Å²) in [5.74, 6) is 0. The van der Waals surface area contributed by atoms with Crippen LogP contribution in [0.25, 0.3) is 0 Å². The number of hydrogen-bond donors (Lipinski definition) is 2. The fourth-order valence-corrected chi connectivity index (χ4v) is 1.75. The lowest BCUT2D eigenvalue weighted by Gasteiger charge is -2.15. The molecule has 3 N–H and O–H groups in total. The van der Waals surface area contributed by atoms with Crippen molar-refractivity contribution in [3.05, 3.63) is 40.5 Å². The molecule has 1 aliphatic rings. The Morgan fingerprint density at radius 2 is 2.06 bits per heavy atom. The van der Waals surface area contributed by atoms with E-state index in [2.05, 4.69) is 17.5 Å². The second-order valence-corrected chi connectivity index (χ2v) is 3.81. The van der Waals surface area contributed by atoms with E-state index in [-0.39, 0.29) is 5.69 Å². The summed E-state index contributed by atoms with van der Waals surface area (Å²) < 4.78 is 0. The number of hydrogen-bond acceptors (Lipinski definition) is 4. The number of nitro groups is 1. The Morgan fingerprint density at radius 3 is 2.62 bits per heavy atom. The number of benzene rings is 1. The molecule has 0 bridgehead atoms. The average molecular weight is 219 g/mol. The van der Waals surface area contributed by atoms with Gasteiger partial charge in [-0.15, -0.1) is 0 Å². The number of nitro benzene ring substituents is 1. The van der Waals surface area contributed by atoms with Crippen LogP contribution in [0.3, 0.4) is 0 Å². The minimum atomic E-state index is -0.447. The van der Waals surface area contributed by atoms with Gasteiger partial charge in [0.1, 0.15) is 0 Å². The minimum absolute atomic E-state index is 0.0209. The Kier molecular flexibility index (Phi) is 2.76. The second kappa shape index (κ2) is 4.22. The largest absolute Gasteiger partial charge is 0.397 e. The third-order valence-electron chi connectivity index (χ3n) is 2.61. The summed E-state index contributed by atoms with van der Waals surface area (Å²) in [6, 6.07) is 4.85. The highest BCUT2D eigenvalue weighted by Gasteiger charge is 2.13. The topological polar surface area (TPSA) is 81.2 Å². The van der Waals surface area contributed by atoms with Gasteiger partial charge in [-0.2, -0.15) is 0 Å². The van der Waals surface area contributed by atoms with Crippen LogP contribution >= 0.6 is 0 Å². The average Bonchev–Trinajstić information content (AvgIpc) is 2.73. The second-order valence-electron chi connectivity index (χ2n) is 3.81. The van der Waals surface area contributed by atoms with Crippen molar-refractivity contribution in [2.45, 2.75) is 18.9 Å². The minimum Gasteiger partial charge on any atom is -0.397 e. The predicted octanol–water partition coefficient (Wildman–Crippen LogP) is 2.31. The first-order valence-electron chi connectivity index (χ1n) is 5.12. The number of anilines is 2. The predicted molar refractivity (Wildman–Crippen MR) is 63.3 cm³/mol. The highest BCUT2D eigenvalue weighted by molar-refractivity contribution is 5.69. The molecule has 84 valence electrons. The highest BCUT2D eigenvalue weighted by Crippen LogP contribution is 2.26. The Labute approximate surface area is 93.1 Å². The fourth-order valence-electron chi connectivity index (χ4n) is 1.75. The number of nitrogens with two attached hydrogens (primary N) is 1. The Morgan fingerprint density at radius 1 is 1.38 bits per heavy atom. The van der Waals surface area contributed by atoms with Gasteiger partial charge in [0.05, 0.1) is 16.3 Å². The van der Waals surface area contributed by atoms with Crippen molar-refractivity contribution in [1.82, 2.24) is 0 Å². The van der Waals surface area contributed by atoms with Crippen molar-refractivity contribution in [2.24, 2.45) is 0 Å². The third-order valence-corrected chi connectivity index (χ3v) is 2.61. The van der Waals surface area contributed by atoms with Gasteiger partial charge in [0, 0.05) is 18.2 Å². The molecule has 16 heavy (non-hydrogen) atoms. The molecule has 1 aromatic rings.